The normalized spacial score (nSPS) is 17.3. The largest absolute Gasteiger partial charge is 0.490 e. The van der Waals surface area contributed by atoms with E-state index in [4.69, 9.17) is 22.3 Å². The number of aliphatic hydroxyl groups is 2. The van der Waals surface area contributed by atoms with Crippen molar-refractivity contribution in [2.75, 3.05) is 38.9 Å². The van der Waals surface area contributed by atoms with Crippen molar-refractivity contribution in [2.24, 2.45) is 11.8 Å². The first-order valence-corrected chi connectivity index (χ1v) is 38.1. The van der Waals surface area contributed by atoms with Gasteiger partial charge in [0.1, 0.15) is 34.5 Å². The Balaban J connectivity index is 0.000000158. The van der Waals surface area contributed by atoms with Crippen LogP contribution in [-0.4, -0.2) is 101 Å². The maximum atomic E-state index is 14.3. The fourth-order valence-electron chi connectivity index (χ4n) is 12.9. The lowest BCUT2D eigenvalue weighted by molar-refractivity contribution is -0.118. The average Bonchev–Trinajstić information content (AvgIpc) is 1.43. The van der Waals surface area contributed by atoms with Crippen molar-refractivity contribution in [3.05, 3.63) is 179 Å². The molecule has 3 unspecified atom stereocenters. The van der Waals surface area contributed by atoms with E-state index in [9.17, 15) is 38.2 Å². The Morgan fingerprint density at radius 1 is 0.543 bits per heavy atom. The summed E-state index contributed by atoms with van der Waals surface area (Å²) in [6.07, 6.45) is 39.5. The van der Waals surface area contributed by atoms with E-state index in [0.29, 0.717) is 72.9 Å². The van der Waals surface area contributed by atoms with Crippen LogP contribution in [0.5, 0.6) is 11.5 Å². The zero-order chi connectivity index (χ0) is 74.1. The number of hydrogen-bond acceptors (Lipinski definition) is 16. The van der Waals surface area contributed by atoms with E-state index in [1.807, 2.05) is 62.4 Å². The van der Waals surface area contributed by atoms with E-state index >= 15 is 0 Å². The van der Waals surface area contributed by atoms with E-state index < -0.39 is 22.8 Å². The number of amides is 4. The van der Waals surface area contributed by atoms with E-state index in [1.54, 1.807) is 70.8 Å². The van der Waals surface area contributed by atoms with Gasteiger partial charge in [-0.15, -0.1) is 34.9 Å². The Hall–Kier alpha value is -9.57. The first kappa shape index (κ1) is 78.0. The number of terminal acetylenes is 2. The molecular formula is C80H93F2IN14O8. The van der Waals surface area contributed by atoms with Crippen LogP contribution >= 0.6 is 22.6 Å². The number of benzene rings is 2. The van der Waals surface area contributed by atoms with Crippen molar-refractivity contribution < 1.29 is 47.6 Å². The van der Waals surface area contributed by atoms with Crippen LogP contribution in [0, 0.1) is 48.2 Å². The van der Waals surface area contributed by atoms with Crippen molar-refractivity contribution >= 4 is 69.5 Å². The first-order valence-electron chi connectivity index (χ1n) is 36.5. The zero-order valence-electron chi connectivity index (χ0n) is 59.6. The van der Waals surface area contributed by atoms with Crippen LogP contribution in [0.25, 0.3) is 0 Å². The third kappa shape index (κ3) is 21.8. The summed E-state index contributed by atoms with van der Waals surface area (Å²) in [6.45, 7) is 5.20. The summed E-state index contributed by atoms with van der Waals surface area (Å²) in [5.74, 6) is 8.22. The number of unbranched alkanes of at least 4 members (excludes halogenated alkanes) is 6. The minimum atomic E-state index is -1.24. The predicted molar refractivity (Wildman–Crippen MR) is 405 cm³/mol. The third-order valence-electron chi connectivity index (χ3n) is 19.6. The molecule has 25 heteroatoms. The number of nitrogens with one attached hydrogen (secondary N) is 4. The molecule has 2 aromatic carbocycles. The highest BCUT2D eigenvalue weighted by molar-refractivity contribution is 14.1. The quantitative estimate of drug-likeness (QED) is 0.0102. The summed E-state index contributed by atoms with van der Waals surface area (Å²) in [4.78, 5) is 63.7. The number of fused-ring (bicyclic) bond motifs is 4. The van der Waals surface area contributed by atoms with Crippen molar-refractivity contribution in [1.82, 2.24) is 49.9 Å². The number of nitrogens with zero attached hydrogens (tertiary/aromatic N) is 10. The van der Waals surface area contributed by atoms with Crippen LogP contribution in [-0.2, 0) is 62.7 Å². The van der Waals surface area contributed by atoms with Crippen molar-refractivity contribution in [2.45, 2.75) is 197 Å². The number of alkyl halides is 1. The number of hydrogen-bond donors (Lipinski definition) is 6. The molecule has 552 valence electrons. The second-order valence-electron chi connectivity index (χ2n) is 27.3. The second-order valence-corrected chi connectivity index (χ2v) is 28.4. The average molecular weight is 1540 g/mol. The van der Waals surface area contributed by atoms with Crippen molar-refractivity contribution in [1.29, 1.82) is 0 Å². The van der Waals surface area contributed by atoms with Gasteiger partial charge in [-0.2, -0.15) is 0 Å². The first-order chi connectivity index (χ1) is 51.0. The van der Waals surface area contributed by atoms with Crippen LogP contribution in [0.2, 0.25) is 0 Å². The van der Waals surface area contributed by atoms with Gasteiger partial charge in [0.05, 0.1) is 74.3 Å². The molecule has 22 nitrogen and oxygen atoms in total. The smallest absolute Gasteiger partial charge is 0.233 e. The van der Waals surface area contributed by atoms with Gasteiger partial charge in [-0.3, -0.25) is 19.2 Å². The molecule has 2 aliphatic carbocycles. The lowest BCUT2D eigenvalue weighted by atomic mass is 9.90. The number of carbonyl (C=O) groups excluding carboxylic acids is 4. The number of halogens is 3. The van der Waals surface area contributed by atoms with E-state index in [0.717, 1.165) is 149 Å². The molecule has 6 N–H and O–H groups in total. The van der Waals surface area contributed by atoms with Gasteiger partial charge in [0, 0.05) is 59.9 Å². The summed E-state index contributed by atoms with van der Waals surface area (Å²) in [5.41, 5.74) is 4.46. The van der Waals surface area contributed by atoms with Crippen LogP contribution in [0.4, 0.5) is 32.1 Å². The van der Waals surface area contributed by atoms with Crippen LogP contribution in [0.15, 0.2) is 122 Å². The topological polar surface area (TPSA) is 288 Å². The molecule has 10 heterocycles. The summed E-state index contributed by atoms with van der Waals surface area (Å²) in [7, 11) is 0. The SMILES string of the molecule is C#CCCCCC1C(=O)Nc2ncccc21.C#CCCCCI.CC[C@@](O)(Cn1nncc1CCCCC1C(=O)Nc2ncccc21)c1ccc(F)c(OCC2CC2)c1.CC[C@@](O)(Cn1nncc1CCCCC1C(=O)Nc2ncccc21)c1ccc(F)c(OCC2CC2)c1.O=C1Cc2cccnc2N1. The molecule has 5 atom stereocenters. The van der Waals surface area contributed by atoms with Gasteiger partial charge < -0.3 is 41.0 Å². The van der Waals surface area contributed by atoms with Gasteiger partial charge in [-0.25, -0.2) is 38.1 Å². The van der Waals surface area contributed by atoms with Gasteiger partial charge >= 0.3 is 0 Å². The summed E-state index contributed by atoms with van der Waals surface area (Å²) in [6, 6.07) is 24.3. The lowest BCUT2D eigenvalue weighted by Gasteiger charge is -2.28. The highest BCUT2D eigenvalue weighted by Gasteiger charge is 2.36. The van der Waals surface area contributed by atoms with Crippen LogP contribution < -0.4 is 30.7 Å². The van der Waals surface area contributed by atoms with Gasteiger partial charge in [0.15, 0.2) is 23.1 Å². The molecule has 0 saturated heterocycles. The minimum Gasteiger partial charge on any atom is -0.490 e. The second kappa shape index (κ2) is 38.4. The molecule has 6 aliphatic rings. The molecule has 105 heavy (non-hydrogen) atoms. The molecular weight excluding hydrogens is 1450 g/mol. The third-order valence-corrected chi connectivity index (χ3v) is 20.4. The van der Waals surface area contributed by atoms with E-state index in [1.165, 1.54) is 29.4 Å². The number of pyridine rings is 4. The van der Waals surface area contributed by atoms with Crippen molar-refractivity contribution in [3.63, 3.8) is 0 Å². The standard InChI is InChI=1S/2C27H32FN5O3.C13H14N2O.C7H6N2O.C6H9I/c2*1-2-27(35,19-11-12-23(28)24(14-19)36-16-18-9-10-18)17-33-20(15-30-32-33)6-3-4-7-22-21-8-5-13-29-25(21)31-26(22)34;1-2-3-4-5-7-11-10-8-6-9-14-12(10)15-13(11)16;10-6-4-5-2-1-3-8-7(5)9-6;1-2-3-4-5-6-7/h2*5,8,11-15,18,22,35H,2-4,6-7,9-10,16-17H2,1H3,(H,29,31,34);1,6,8-9,11H,3-5,7H2,(H,14,15,16);1-3H,4H2,(H,8,9,10);1H,3-6H2/t2*22?,27-;;;/m11.../s1. The van der Waals surface area contributed by atoms with Gasteiger partial charge in [-0.1, -0.05) is 103 Å². The van der Waals surface area contributed by atoms with Crippen LogP contribution in [0.3, 0.4) is 0 Å². The Kier molecular flexibility index (Phi) is 28.6. The lowest BCUT2D eigenvalue weighted by Crippen LogP contribution is -2.32. The number of aromatic nitrogens is 10. The maximum absolute atomic E-state index is 14.3. The summed E-state index contributed by atoms with van der Waals surface area (Å²) in [5, 5.41) is 50.7. The molecule has 8 aromatic rings. The molecule has 0 spiro atoms. The molecule has 2 fully saturated rings. The van der Waals surface area contributed by atoms with Gasteiger partial charge in [-0.05, 0) is 179 Å². The fraction of sp³-hybridized carbons (Fsp3) is 0.450. The summed E-state index contributed by atoms with van der Waals surface area (Å²) < 4.78 is 44.7. The van der Waals surface area contributed by atoms with Gasteiger partial charge in [0.25, 0.3) is 0 Å². The number of carbonyl (C=O) groups is 4. The molecule has 4 aliphatic heterocycles. The Labute approximate surface area is 626 Å². The number of rotatable bonds is 31. The fourth-order valence-corrected chi connectivity index (χ4v) is 13.4. The molecule has 0 radical (unpaired) electrons. The number of aryl methyl sites for hydroxylation is 2. The monoisotopic (exact) mass is 1540 g/mol. The van der Waals surface area contributed by atoms with Crippen LogP contribution in [0.1, 0.15) is 198 Å². The van der Waals surface area contributed by atoms with Gasteiger partial charge in [0.2, 0.25) is 23.6 Å². The Morgan fingerprint density at radius 3 is 1.33 bits per heavy atom. The highest BCUT2D eigenvalue weighted by Crippen LogP contribution is 2.40. The Bertz CT molecular complexity index is 4110. The predicted octanol–water partition coefficient (Wildman–Crippen LogP) is 13.8. The number of anilines is 4. The van der Waals surface area contributed by atoms with Crippen molar-refractivity contribution in [3.8, 4) is 36.2 Å². The summed E-state index contributed by atoms with van der Waals surface area (Å²) >= 11 is 2.36. The molecule has 2 saturated carbocycles. The molecule has 6 aromatic heterocycles. The van der Waals surface area contributed by atoms with E-state index in [-0.39, 0.29) is 66.0 Å². The zero-order valence-corrected chi connectivity index (χ0v) is 61.8. The maximum Gasteiger partial charge on any atom is 0.233 e. The Morgan fingerprint density at radius 2 is 0.943 bits per heavy atom. The number of ether oxygens (including phenoxy) is 2. The minimum absolute atomic E-state index is 0.00296. The van der Waals surface area contributed by atoms with E-state index in [2.05, 4.69) is 96.3 Å². The highest BCUT2D eigenvalue weighted by atomic mass is 127. The molecule has 4 amide bonds. The molecule has 0 bridgehead atoms. The molecule has 14 rings (SSSR count).